The molecule has 0 aliphatic rings. The molecule has 0 aliphatic carbocycles. The van der Waals surface area contributed by atoms with Crippen molar-refractivity contribution in [2.75, 3.05) is 26.0 Å². The Morgan fingerprint density at radius 2 is 1.67 bits per heavy atom. The topological polar surface area (TPSA) is 92.8 Å². The summed E-state index contributed by atoms with van der Waals surface area (Å²) in [5.74, 6) is -0.679. The predicted molar refractivity (Wildman–Crippen MR) is 102 cm³/mol. The van der Waals surface area contributed by atoms with Crippen LogP contribution >= 0.6 is 0 Å². The highest BCUT2D eigenvalue weighted by atomic mass is 32.2. The van der Waals surface area contributed by atoms with E-state index >= 15 is 0 Å². The normalized spacial score (nSPS) is 11.2. The summed E-state index contributed by atoms with van der Waals surface area (Å²) in [4.78, 5) is 23.6. The van der Waals surface area contributed by atoms with Crippen LogP contribution < -0.4 is 5.32 Å². The Bertz CT molecular complexity index is 880. The maximum absolute atomic E-state index is 12.4. The lowest BCUT2D eigenvalue weighted by Gasteiger charge is -2.17. The monoisotopic (exact) mass is 390 g/mol. The highest BCUT2D eigenvalue weighted by molar-refractivity contribution is 7.89. The third kappa shape index (κ3) is 5.63. The lowest BCUT2D eigenvalue weighted by Crippen LogP contribution is -2.28. The van der Waals surface area contributed by atoms with E-state index in [4.69, 9.17) is 0 Å². The molecule has 7 nitrogen and oxygen atoms in total. The van der Waals surface area contributed by atoms with Crippen molar-refractivity contribution < 1.29 is 22.7 Å². The molecule has 2 aromatic rings. The number of nitrogens with zero attached hydrogens (tertiary/aromatic N) is 1. The molecule has 2 rings (SSSR count). The van der Waals surface area contributed by atoms with Crippen molar-refractivity contribution in [3.05, 3.63) is 60.2 Å². The number of methoxy groups -OCH3 is 1. The summed E-state index contributed by atoms with van der Waals surface area (Å²) in [5, 5.41) is 2.71. The Hall–Kier alpha value is -2.71. The van der Waals surface area contributed by atoms with Gasteiger partial charge >= 0.3 is 5.97 Å². The molecule has 144 valence electrons. The molecule has 0 saturated heterocycles. The third-order valence-electron chi connectivity index (χ3n) is 3.92. The SMILES string of the molecule is COC(=O)c1ccc(NC(=O)CCCN(C)S(=O)(=O)c2ccccc2)cc1. The van der Waals surface area contributed by atoms with Crippen LogP contribution in [-0.4, -0.2) is 45.3 Å². The van der Waals surface area contributed by atoms with E-state index in [1.807, 2.05) is 0 Å². The second kappa shape index (κ2) is 9.29. The van der Waals surface area contributed by atoms with Crippen LogP contribution in [0.15, 0.2) is 59.5 Å². The van der Waals surface area contributed by atoms with E-state index in [0.717, 1.165) is 0 Å². The molecule has 0 unspecified atom stereocenters. The second-order valence-electron chi connectivity index (χ2n) is 5.86. The van der Waals surface area contributed by atoms with E-state index in [2.05, 4.69) is 10.1 Å². The summed E-state index contributed by atoms with van der Waals surface area (Å²) in [6, 6.07) is 14.5. The number of hydrogen-bond donors (Lipinski definition) is 1. The molecular weight excluding hydrogens is 368 g/mol. The standard InChI is InChI=1S/C19H22N2O5S/c1-21(27(24,25)17-7-4-3-5-8-17)14-6-9-18(22)20-16-12-10-15(11-13-16)19(23)26-2/h3-5,7-8,10-13H,6,9,14H2,1-2H3,(H,20,22). The van der Waals surface area contributed by atoms with Gasteiger partial charge in [0, 0.05) is 25.7 Å². The van der Waals surface area contributed by atoms with Crippen LogP contribution in [0.2, 0.25) is 0 Å². The van der Waals surface area contributed by atoms with Gasteiger partial charge in [-0.1, -0.05) is 18.2 Å². The van der Waals surface area contributed by atoms with Gasteiger partial charge in [0.1, 0.15) is 0 Å². The Morgan fingerprint density at radius 1 is 1.04 bits per heavy atom. The molecule has 0 aromatic heterocycles. The number of hydrogen-bond acceptors (Lipinski definition) is 5. The number of nitrogens with one attached hydrogen (secondary N) is 1. The Kier molecular flexibility index (Phi) is 7.09. The molecule has 1 amide bonds. The van der Waals surface area contributed by atoms with Crippen LogP contribution in [0.3, 0.4) is 0 Å². The van der Waals surface area contributed by atoms with Gasteiger partial charge in [0.15, 0.2) is 0 Å². The maximum atomic E-state index is 12.4. The molecule has 0 aliphatic heterocycles. The first-order valence-electron chi connectivity index (χ1n) is 8.34. The molecule has 0 fully saturated rings. The van der Waals surface area contributed by atoms with Crippen molar-refractivity contribution in [1.82, 2.24) is 4.31 Å². The molecule has 0 saturated carbocycles. The maximum Gasteiger partial charge on any atom is 0.337 e. The lowest BCUT2D eigenvalue weighted by molar-refractivity contribution is -0.116. The van der Waals surface area contributed by atoms with E-state index in [1.54, 1.807) is 42.5 Å². The van der Waals surface area contributed by atoms with Gasteiger partial charge < -0.3 is 10.1 Å². The zero-order chi connectivity index (χ0) is 19.9. The minimum atomic E-state index is -3.55. The van der Waals surface area contributed by atoms with Crippen LogP contribution in [0.1, 0.15) is 23.2 Å². The van der Waals surface area contributed by atoms with Crippen molar-refractivity contribution in [1.29, 1.82) is 0 Å². The quantitative estimate of drug-likeness (QED) is 0.699. The van der Waals surface area contributed by atoms with E-state index in [1.165, 1.54) is 30.6 Å². The van der Waals surface area contributed by atoms with Crippen LogP contribution in [0, 0.1) is 0 Å². The van der Waals surface area contributed by atoms with Gasteiger partial charge in [0.25, 0.3) is 0 Å². The average molecular weight is 390 g/mol. The second-order valence-corrected chi connectivity index (χ2v) is 7.91. The molecule has 27 heavy (non-hydrogen) atoms. The van der Waals surface area contributed by atoms with Gasteiger partial charge in [-0.05, 0) is 42.8 Å². The fraction of sp³-hybridized carbons (Fsp3) is 0.263. The van der Waals surface area contributed by atoms with E-state index in [0.29, 0.717) is 17.7 Å². The van der Waals surface area contributed by atoms with Gasteiger partial charge in [0.05, 0.1) is 17.6 Å². The Balaban J connectivity index is 1.83. The molecule has 0 atom stereocenters. The number of ether oxygens (including phenoxy) is 1. The molecule has 1 N–H and O–H groups in total. The zero-order valence-corrected chi connectivity index (χ0v) is 16.0. The predicted octanol–water partition coefficient (Wildman–Crippen LogP) is 2.51. The molecule has 0 heterocycles. The van der Waals surface area contributed by atoms with Crippen LogP contribution in [0.5, 0.6) is 0 Å². The first kappa shape index (κ1) is 20.6. The third-order valence-corrected chi connectivity index (χ3v) is 5.79. The Morgan fingerprint density at radius 3 is 2.26 bits per heavy atom. The van der Waals surface area contributed by atoms with Crippen LogP contribution in [0.25, 0.3) is 0 Å². The number of sulfonamides is 1. The first-order valence-corrected chi connectivity index (χ1v) is 9.78. The number of benzene rings is 2. The minimum absolute atomic E-state index is 0.174. The summed E-state index contributed by atoms with van der Waals surface area (Å²) < 4.78 is 30.6. The van der Waals surface area contributed by atoms with Crippen molar-refractivity contribution in [2.24, 2.45) is 0 Å². The number of carbonyl (C=O) groups is 2. The number of rotatable bonds is 8. The summed E-state index contributed by atoms with van der Waals surface area (Å²) in [6.07, 6.45) is 0.558. The van der Waals surface area contributed by atoms with Gasteiger partial charge in [-0.2, -0.15) is 0 Å². The van der Waals surface area contributed by atoms with E-state index in [9.17, 15) is 18.0 Å². The molecular formula is C19H22N2O5S. The summed E-state index contributed by atoms with van der Waals surface area (Å²) in [6.45, 7) is 0.228. The smallest absolute Gasteiger partial charge is 0.337 e. The summed E-state index contributed by atoms with van der Waals surface area (Å²) >= 11 is 0. The van der Waals surface area contributed by atoms with Crippen LogP contribution in [0.4, 0.5) is 5.69 Å². The first-order chi connectivity index (χ1) is 12.8. The van der Waals surface area contributed by atoms with E-state index in [-0.39, 0.29) is 23.8 Å². The zero-order valence-electron chi connectivity index (χ0n) is 15.2. The number of carbonyl (C=O) groups excluding carboxylic acids is 2. The van der Waals surface area contributed by atoms with Crippen molar-refractivity contribution in [2.45, 2.75) is 17.7 Å². The highest BCUT2D eigenvalue weighted by Gasteiger charge is 2.20. The fourth-order valence-electron chi connectivity index (χ4n) is 2.39. The largest absolute Gasteiger partial charge is 0.465 e. The van der Waals surface area contributed by atoms with Gasteiger partial charge in [-0.15, -0.1) is 0 Å². The summed E-state index contributed by atoms with van der Waals surface area (Å²) in [7, 11) is -0.763. The molecule has 0 bridgehead atoms. The summed E-state index contributed by atoms with van der Waals surface area (Å²) in [5.41, 5.74) is 0.946. The Labute approximate surface area is 159 Å². The number of esters is 1. The van der Waals surface area contributed by atoms with Crippen molar-refractivity contribution in [3.8, 4) is 0 Å². The lowest BCUT2D eigenvalue weighted by atomic mass is 10.2. The fourth-order valence-corrected chi connectivity index (χ4v) is 3.62. The van der Waals surface area contributed by atoms with Gasteiger partial charge in [-0.3, -0.25) is 4.79 Å². The number of amides is 1. The van der Waals surface area contributed by atoms with Crippen LogP contribution in [-0.2, 0) is 19.6 Å². The molecule has 8 heteroatoms. The van der Waals surface area contributed by atoms with Crippen molar-refractivity contribution >= 4 is 27.6 Å². The van der Waals surface area contributed by atoms with Gasteiger partial charge in [0.2, 0.25) is 15.9 Å². The molecule has 0 spiro atoms. The van der Waals surface area contributed by atoms with Gasteiger partial charge in [-0.25, -0.2) is 17.5 Å². The van der Waals surface area contributed by atoms with Crippen molar-refractivity contribution in [3.63, 3.8) is 0 Å². The minimum Gasteiger partial charge on any atom is -0.465 e. The average Bonchev–Trinajstić information content (AvgIpc) is 2.68. The highest BCUT2D eigenvalue weighted by Crippen LogP contribution is 2.15. The number of anilines is 1. The van der Waals surface area contributed by atoms with E-state index < -0.39 is 16.0 Å². The molecule has 2 aromatic carbocycles. The molecule has 0 radical (unpaired) electrons.